The highest BCUT2D eigenvalue weighted by Crippen LogP contribution is 2.17. The Morgan fingerprint density at radius 2 is 1.69 bits per heavy atom. The molecule has 1 saturated heterocycles. The normalized spacial score (nSPS) is 16.1. The van der Waals surface area contributed by atoms with E-state index in [9.17, 15) is 9.59 Å². The molecule has 150 valence electrons. The van der Waals surface area contributed by atoms with Crippen molar-refractivity contribution in [2.24, 2.45) is 0 Å². The molecule has 0 bridgehead atoms. The number of nitrogens with zero attached hydrogens (tertiary/aromatic N) is 4. The van der Waals surface area contributed by atoms with Gasteiger partial charge in [-0.15, -0.1) is 0 Å². The molecule has 1 aliphatic heterocycles. The van der Waals surface area contributed by atoms with Gasteiger partial charge in [-0.25, -0.2) is 4.98 Å². The first-order chi connectivity index (χ1) is 14.2. The van der Waals surface area contributed by atoms with E-state index in [4.69, 9.17) is 0 Å². The number of benzene rings is 2. The second-order valence-corrected chi connectivity index (χ2v) is 7.49. The van der Waals surface area contributed by atoms with Gasteiger partial charge in [-0.2, -0.15) is 0 Å². The van der Waals surface area contributed by atoms with Crippen LogP contribution in [0.5, 0.6) is 0 Å². The highest BCUT2D eigenvalue weighted by molar-refractivity contribution is 5.82. The second kappa shape index (κ2) is 8.57. The van der Waals surface area contributed by atoms with Crippen LogP contribution in [0.15, 0.2) is 65.7 Å². The van der Waals surface area contributed by atoms with E-state index >= 15 is 0 Å². The van der Waals surface area contributed by atoms with E-state index in [-0.39, 0.29) is 11.5 Å². The van der Waals surface area contributed by atoms with E-state index in [0.717, 1.165) is 19.6 Å². The predicted octanol–water partition coefficient (Wildman–Crippen LogP) is 2.69. The summed E-state index contributed by atoms with van der Waals surface area (Å²) < 4.78 is 1.50. The average Bonchev–Trinajstić information content (AvgIpc) is 2.77. The first-order valence-electron chi connectivity index (χ1n) is 10.2. The van der Waals surface area contributed by atoms with Crippen molar-refractivity contribution in [3.05, 3.63) is 76.8 Å². The summed E-state index contributed by atoms with van der Waals surface area (Å²) in [4.78, 5) is 34.8. The molecule has 0 aliphatic carbocycles. The van der Waals surface area contributed by atoms with E-state index in [1.807, 2.05) is 36.1 Å². The molecule has 0 N–H and O–H groups in total. The molecule has 2 aromatic carbocycles. The minimum Gasteiger partial charge on any atom is -0.338 e. The maximum atomic E-state index is 13.2. The number of aromatic nitrogens is 2. The van der Waals surface area contributed by atoms with Gasteiger partial charge in [0.05, 0.1) is 17.2 Å². The first kappa shape index (κ1) is 19.3. The lowest BCUT2D eigenvalue weighted by atomic mass is 10.1. The van der Waals surface area contributed by atoms with Crippen LogP contribution < -0.4 is 5.56 Å². The summed E-state index contributed by atoms with van der Waals surface area (Å²) in [5, 5.41) is 0.550. The van der Waals surface area contributed by atoms with Crippen molar-refractivity contribution in [2.75, 3.05) is 26.2 Å². The quantitative estimate of drug-likeness (QED) is 0.672. The van der Waals surface area contributed by atoms with E-state index in [1.54, 1.807) is 6.07 Å². The minimum atomic E-state index is -0.514. The van der Waals surface area contributed by atoms with Gasteiger partial charge in [0.25, 0.3) is 5.56 Å². The van der Waals surface area contributed by atoms with Crippen LogP contribution in [0.1, 0.15) is 24.9 Å². The van der Waals surface area contributed by atoms with Crippen molar-refractivity contribution >= 4 is 16.8 Å². The molecule has 0 unspecified atom stereocenters. The number of rotatable bonds is 5. The molecule has 29 heavy (non-hydrogen) atoms. The Morgan fingerprint density at radius 1 is 1.00 bits per heavy atom. The molecule has 1 amide bonds. The van der Waals surface area contributed by atoms with E-state index in [0.29, 0.717) is 30.4 Å². The van der Waals surface area contributed by atoms with Crippen molar-refractivity contribution < 1.29 is 4.79 Å². The third kappa shape index (κ3) is 4.07. The number of fused-ring (bicyclic) bond motifs is 1. The molecular formula is C23H26N4O2. The molecule has 0 saturated carbocycles. The van der Waals surface area contributed by atoms with Crippen LogP contribution in [0.4, 0.5) is 0 Å². The Labute approximate surface area is 170 Å². The number of amides is 1. The monoisotopic (exact) mass is 390 g/mol. The van der Waals surface area contributed by atoms with Gasteiger partial charge in [0.1, 0.15) is 6.04 Å². The number of para-hydroxylation sites is 1. The van der Waals surface area contributed by atoms with Gasteiger partial charge in [0.2, 0.25) is 5.91 Å². The third-order valence-corrected chi connectivity index (χ3v) is 5.63. The van der Waals surface area contributed by atoms with Crippen LogP contribution in [0.2, 0.25) is 0 Å². The largest absolute Gasteiger partial charge is 0.338 e. The molecule has 6 heteroatoms. The van der Waals surface area contributed by atoms with Crippen LogP contribution >= 0.6 is 0 Å². The van der Waals surface area contributed by atoms with Crippen molar-refractivity contribution in [2.45, 2.75) is 25.9 Å². The van der Waals surface area contributed by atoms with E-state index in [2.05, 4.69) is 34.1 Å². The van der Waals surface area contributed by atoms with Gasteiger partial charge in [0, 0.05) is 32.7 Å². The standard InChI is InChI=1S/C23H26N4O2/c1-2-21(27-17-24-20-11-7-6-10-19(20)22(27)28)23(29)26-14-12-25(13-15-26)16-18-8-4-3-5-9-18/h3-11,17,21H,2,12-16H2,1H3/t21-/m1/s1. The Balaban J connectivity index is 1.46. The fourth-order valence-corrected chi connectivity index (χ4v) is 3.97. The van der Waals surface area contributed by atoms with E-state index < -0.39 is 6.04 Å². The zero-order valence-electron chi connectivity index (χ0n) is 16.7. The smallest absolute Gasteiger partial charge is 0.261 e. The van der Waals surface area contributed by atoms with E-state index in [1.165, 1.54) is 16.5 Å². The minimum absolute atomic E-state index is 0.00559. The van der Waals surface area contributed by atoms with Crippen molar-refractivity contribution in [3.63, 3.8) is 0 Å². The molecule has 4 rings (SSSR count). The first-order valence-corrected chi connectivity index (χ1v) is 10.2. The van der Waals surface area contributed by atoms with Crippen LogP contribution in [0.25, 0.3) is 10.9 Å². The predicted molar refractivity (Wildman–Crippen MR) is 114 cm³/mol. The van der Waals surface area contributed by atoms with Gasteiger partial charge < -0.3 is 4.90 Å². The van der Waals surface area contributed by atoms with Crippen molar-refractivity contribution in [3.8, 4) is 0 Å². The molecule has 0 spiro atoms. The SMILES string of the molecule is CC[C@H](C(=O)N1CCN(Cc2ccccc2)CC1)n1cnc2ccccc2c1=O. The summed E-state index contributed by atoms with van der Waals surface area (Å²) in [6.45, 7) is 5.86. The maximum Gasteiger partial charge on any atom is 0.261 e. The topological polar surface area (TPSA) is 58.4 Å². The number of hydrogen-bond donors (Lipinski definition) is 0. The maximum absolute atomic E-state index is 13.2. The number of carbonyl (C=O) groups excluding carboxylic acids is 1. The zero-order valence-corrected chi connectivity index (χ0v) is 16.7. The highest BCUT2D eigenvalue weighted by Gasteiger charge is 2.28. The fraction of sp³-hybridized carbons (Fsp3) is 0.348. The molecule has 6 nitrogen and oxygen atoms in total. The number of carbonyl (C=O) groups is 1. The Morgan fingerprint density at radius 3 is 2.41 bits per heavy atom. The Bertz CT molecular complexity index is 1040. The molecule has 3 aromatic rings. The molecule has 0 radical (unpaired) electrons. The van der Waals surface area contributed by atoms with Crippen LogP contribution in [0.3, 0.4) is 0 Å². The van der Waals surface area contributed by atoms with Crippen LogP contribution in [-0.2, 0) is 11.3 Å². The lowest BCUT2D eigenvalue weighted by Crippen LogP contribution is -2.50. The summed E-state index contributed by atoms with van der Waals surface area (Å²) in [7, 11) is 0. The summed E-state index contributed by atoms with van der Waals surface area (Å²) in [5.74, 6) is 0.00559. The van der Waals surface area contributed by atoms with Crippen LogP contribution in [-0.4, -0.2) is 51.4 Å². The van der Waals surface area contributed by atoms with Crippen molar-refractivity contribution in [1.29, 1.82) is 0 Å². The third-order valence-electron chi connectivity index (χ3n) is 5.63. The molecule has 2 heterocycles. The van der Waals surface area contributed by atoms with Gasteiger partial charge in [-0.3, -0.25) is 19.1 Å². The number of piperazine rings is 1. The molecule has 1 aromatic heterocycles. The lowest BCUT2D eigenvalue weighted by Gasteiger charge is -2.36. The highest BCUT2D eigenvalue weighted by atomic mass is 16.2. The average molecular weight is 390 g/mol. The van der Waals surface area contributed by atoms with Crippen LogP contribution in [0, 0.1) is 0 Å². The summed E-state index contributed by atoms with van der Waals surface area (Å²) in [6, 6.07) is 17.1. The Hall–Kier alpha value is -2.99. The van der Waals surface area contributed by atoms with Gasteiger partial charge in [-0.1, -0.05) is 49.4 Å². The zero-order chi connectivity index (χ0) is 20.2. The second-order valence-electron chi connectivity index (χ2n) is 7.49. The lowest BCUT2D eigenvalue weighted by molar-refractivity contribution is -0.136. The van der Waals surface area contributed by atoms with Gasteiger partial charge in [0.15, 0.2) is 0 Å². The van der Waals surface area contributed by atoms with Gasteiger partial charge in [-0.05, 0) is 24.1 Å². The molecule has 1 atom stereocenters. The summed E-state index contributed by atoms with van der Waals surface area (Å²) in [6.07, 6.45) is 2.07. The summed E-state index contributed by atoms with van der Waals surface area (Å²) >= 11 is 0. The molecular weight excluding hydrogens is 364 g/mol. The molecule has 1 aliphatic rings. The fourth-order valence-electron chi connectivity index (χ4n) is 3.97. The molecule has 1 fully saturated rings. The summed E-state index contributed by atoms with van der Waals surface area (Å²) in [5.41, 5.74) is 1.79. The number of hydrogen-bond acceptors (Lipinski definition) is 4. The Kier molecular flexibility index (Phi) is 5.71. The van der Waals surface area contributed by atoms with Crippen molar-refractivity contribution in [1.82, 2.24) is 19.4 Å². The van der Waals surface area contributed by atoms with Gasteiger partial charge >= 0.3 is 0 Å².